The molecule has 3 atom stereocenters. The van der Waals surface area contributed by atoms with Gasteiger partial charge in [0.15, 0.2) is 5.96 Å². The van der Waals surface area contributed by atoms with Gasteiger partial charge in [0.1, 0.15) is 0 Å². The van der Waals surface area contributed by atoms with Crippen molar-refractivity contribution < 1.29 is 4.21 Å². The number of rotatable bonds is 7. The maximum absolute atomic E-state index is 12.2. The molecule has 2 aliphatic carbocycles. The quantitative estimate of drug-likeness (QED) is 0.552. The third-order valence-corrected chi connectivity index (χ3v) is 7.94. The molecule has 4 nitrogen and oxygen atoms in total. The van der Waals surface area contributed by atoms with E-state index in [-0.39, 0.29) is 5.41 Å². The lowest BCUT2D eigenvalue weighted by molar-refractivity contribution is 0.253. The molecule has 1 aromatic carbocycles. The first-order valence-corrected chi connectivity index (χ1v) is 12.0. The Morgan fingerprint density at radius 3 is 2.59 bits per heavy atom. The van der Waals surface area contributed by atoms with Crippen molar-refractivity contribution in [2.75, 3.05) is 18.8 Å². The van der Waals surface area contributed by atoms with Crippen molar-refractivity contribution in [3.8, 4) is 0 Å². The topological polar surface area (TPSA) is 53.5 Å². The minimum Gasteiger partial charge on any atom is -0.357 e. The fraction of sp³-hybridized carbons (Fsp3) is 0.682. The Hall–Kier alpha value is -1.36. The zero-order chi connectivity index (χ0) is 19.1. The van der Waals surface area contributed by atoms with E-state index in [9.17, 15) is 4.21 Å². The van der Waals surface area contributed by atoms with Crippen molar-refractivity contribution in [3.63, 3.8) is 0 Å². The van der Waals surface area contributed by atoms with Crippen molar-refractivity contribution in [2.45, 2.75) is 75.5 Å². The first-order chi connectivity index (χ1) is 13.2. The summed E-state index contributed by atoms with van der Waals surface area (Å²) < 4.78 is 12.2. The molecule has 150 valence electrons. The SMILES string of the molecule is CCNC(=NCC1(c2ccccc2)CCC1)NC1CCCC(S(=O)CC)C1. The van der Waals surface area contributed by atoms with Gasteiger partial charge in [0.2, 0.25) is 0 Å². The molecule has 0 amide bonds. The molecule has 2 aliphatic rings. The van der Waals surface area contributed by atoms with E-state index in [1.54, 1.807) is 0 Å². The second-order valence-electron chi connectivity index (χ2n) is 7.99. The first-order valence-electron chi connectivity index (χ1n) is 10.6. The average Bonchev–Trinajstić information content (AvgIpc) is 2.67. The molecule has 0 bridgehead atoms. The van der Waals surface area contributed by atoms with Gasteiger partial charge in [-0.3, -0.25) is 9.20 Å². The highest BCUT2D eigenvalue weighted by atomic mass is 32.2. The predicted octanol–water partition coefficient (Wildman–Crippen LogP) is 3.74. The Labute approximate surface area is 167 Å². The van der Waals surface area contributed by atoms with Gasteiger partial charge in [0.05, 0.1) is 6.54 Å². The van der Waals surface area contributed by atoms with Crippen molar-refractivity contribution in [1.82, 2.24) is 10.6 Å². The van der Waals surface area contributed by atoms with Crippen LogP contribution in [-0.4, -0.2) is 40.3 Å². The smallest absolute Gasteiger partial charge is 0.191 e. The van der Waals surface area contributed by atoms with Crippen LogP contribution in [0.5, 0.6) is 0 Å². The van der Waals surface area contributed by atoms with Gasteiger partial charge in [-0.05, 0) is 44.6 Å². The molecule has 0 radical (unpaired) electrons. The fourth-order valence-corrected chi connectivity index (χ4v) is 5.78. The van der Waals surface area contributed by atoms with E-state index < -0.39 is 10.8 Å². The van der Waals surface area contributed by atoms with Gasteiger partial charge in [0.25, 0.3) is 0 Å². The van der Waals surface area contributed by atoms with Gasteiger partial charge >= 0.3 is 0 Å². The van der Waals surface area contributed by atoms with Crippen LogP contribution >= 0.6 is 0 Å². The van der Waals surface area contributed by atoms with Crippen LogP contribution in [0, 0.1) is 0 Å². The Balaban J connectivity index is 1.65. The third-order valence-electron chi connectivity index (χ3n) is 6.20. The van der Waals surface area contributed by atoms with Crippen LogP contribution in [0.4, 0.5) is 0 Å². The van der Waals surface area contributed by atoms with E-state index in [0.717, 1.165) is 50.5 Å². The molecule has 5 heteroatoms. The summed E-state index contributed by atoms with van der Waals surface area (Å²) >= 11 is 0. The molecule has 0 spiro atoms. The summed E-state index contributed by atoms with van der Waals surface area (Å²) in [7, 11) is -0.688. The lowest BCUT2D eigenvalue weighted by Crippen LogP contribution is -2.47. The zero-order valence-electron chi connectivity index (χ0n) is 16.9. The number of nitrogens with one attached hydrogen (secondary N) is 2. The second kappa shape index (κ2) is 9.72. The maximum Gasteiger partial charge on any atom is 0.191 e. The highest BCUT2D eigenvalue weighted by Crippen LogP contribution is 2.43. The van der Waals surface area contributed by atoms with E-state index in [4.69, 9.17) is 4.99 Å². The highest BCUT2D eigenvalue weighted by molar-refractivity contribution is 7.85. The Kier molecular flexibility index (Phi) is 7.33. The van der Waals surface area contributed by atoms with Gasteiger partial charge < -0.3 is 10.6 Å². The molecular weight excluding hydrogens is 354 g/mol. The number of guanidine groups is 1. The van der Waals surface area contributed by atoms with Crippen LogP contribution in [0.2, 0.25) is 0 Å². The monoisotopic (exact) mass is 389 g/mol. The summed E-state index contributed by atoms with van der Waals surface area (Å²) in [5, 5.41) is 7.40. The van der Waals surface area contributed by atoms with Crippen molar-refractivity contribution in [1.29, 1.82) is 0 Å². The van der Waals surface area contributed by atoms with Gasteiger partial charge in [-0.2, -0.15) is 0 Å². The summed E-state index contributed by atoms with van der Waals surface area (Å²) in [4.78, 5) is 4.99. The second-order valence-corrected chi connectivity index (χ2v) is 10.00. The minimum absolute atomic E-state index is 0.211. The van der Waals surface area contributed by atoms with Gasteiger partial charge in [-0.25, -0.2) is 0 Å². The van der Waals surface area contributed by atoms with Crippen molar-refractivity contribution in [2.24, 2.45) is 4.99 Å². The highest BCUT2D eigenvalue weighted by Gasteiger charge is 2.38. The Bertz CT molecular complexity index is 642. The van der Waals surface area contributed by atoms with Crippen LogP contribution in [0.15, 0.2) is 35.3 Å². The molecule has 0 aromatic heterocycles. The maximum atomic E-state index is 12.2. The van der Waals surface area contributed by atoms with Crippen molar-refractivity contribution >= 4 is 16.8 Å². The molecule has 0 aliphatic heterocycles. The van der Waals surface area contributed by atoms with Crippen LogP contribution < -0.4 is 10.6 Å². The Morgan fingerprint density at radius 1 is 1.19 bits per heavy atom. The summed E-state index contributed by atoms with van der Waals surface area (Å²) in [5.74, 6) is 1.69. The largest absolute Gasteiger partial charge is 0.357 e. The standard InChI is InChI=1S/C22H35N3OS/c1-3-23-21(25-19-12-8-13-20(16-19)27(26)4-2)24-17-22(14-9-15-22)18-10-6-5-7-11-18/h5-7,10-11,19-20H,3-4,8-9,12-17H2,1-2H3,(H2,23,24,25). The molecule has 27 heavy (non-hydrogen) atoms. The third kappa shape index (κ3) is 5.13. The number of hydrogen-bond acceptors (Lipinski definition) is 2. The molecule has 0 saturated heterocycles. The molecule has 0 heterocycles. The summed E-state index contributed by atoms with van der Waals surface area (Å²) in [6, 6.07) is 11.2. The van der Waals surface area contributed by atoms with E-state index in [1.807, 2.05) is 6.92 Å². The summed E-state index contributed by atoms with van der Waals surface area (Å²) in [5.41, 5.74) is 1.63. The minimum atomic E-state index is -0.688. The number of hydrogen-bond donors (Lipinski definition) is 2. The van der Waals surface area contributed by atoms with E-state index >= 15 is 0 Å². The lowest BCUT2D eigenvalue weighted by Gasteiger charge is -2.41. The number of nitrogens with zero attached hydrogens (tertiary/aromatic N) is 1. The molecule has 2 saturated carbocycles. The Morgan fingerprint density at radius 2 is 1.96 bits per heavy atom. The normalized spacial score (nSPS) is 26.1. The molecular formula is C22H35N3OS. The molecule has 3 rings (SSSR count). The summed E-state index contributed by atoms with van der Waals surface area (Å²) in [6.45, 7) is 5.84. The van der Waals surface area contributed by atoms with Gasteiger partial charge in [0, 0.05) is 39.8 Å². The molecule has 2 fully saturated rings. The average molecular weight is 390 g/mol. The first kappa shape index (κ1) is 20.4. The van der Waals surface area contributed by atoms with Crippen LogP contribution in [0.25, 0.3) is 0 Å². The number of aliphatic imine (C=N–C) groups is 1. The van der Waals surface area contributed by atoms with Crippen LogP contribution in [0.1, 0.15) is 64.4 Å². The van der Waals surface area contributed by atoms with Gasteiger partial charge in [-0.15, -0.1) is 0 Å². The fourth-order valence-electron chi connectivity index (χ4n) is 4.43. The van der Waals surface area contributed by atoms with Crippen LogP contribution in [-0.2, 0) is 16.2 Å². The molecule has 2 N–H and O–H groups in total. The van der Waals surface area contributed by atoms with Crippen LogP contribution in [0.3, 0.4) is 0 Å². The number of benzene rings is 1. The van der Waals surface area contributed by atoms with Gasteiger partial charge in [-0.1, -0.05) is 50.1 Å². The summed E-state index contributed by atoms with van der Waals surface area (Å²) in [6.07, 6.45) is 8.13. The van der Waals surface area contributed by atoms with Crippen molar-refractivity contribution in [3.05, 3.63) is 35.9 Å². The van der Waals surface area contributed by atoms with E-state index in [1.165, 1.54) is 24.8 Å². The zero-order valence-corrected chi connectivity index (χ0v) is 17.7. The lowest BCUT2D eigenvalue weighted by atomic mass is 9.64. The molecule has 1 aromatic rings. The predicted molar refractivity (Wildman–Crippen MR) is 116 cm³/mol. The van der Waals surface area contributed by atoms with E-state index in [0.29, 0.717) is 11.3 Å². The molecule has 3 unspecified atom stereocenters. The van der Waals surface area contributed by atoms with E-state index in [2.05, 4.69) is 47.9 Å².